The number of aryl methyl sites for hydroxylation is 1. The summed E-state index contributed by atoms with van der Waals surface area (Å²) in [6, 6.07) is 9.80. The molecule has 40 heavy (non-hydrogen) atoms. The van der Waals surface area contributed by atoms with Crippen LogP contribution in [0.2, 0.25) is 0 Å². The molecule has 10 nitrogen and oxygen atoms in total. The molecule has 4 aromatic rings. The van der Waals surface area contributed by atoms with E-state index in [9.17, 15) is 13.2 Å². The predicted octanol–water partition coefficient (Wildman–Crippen LogP) is 4.43. The molecule has 2 N–H and O–H groups in total. The lowest BCUT2D eigenvalue weighted by Crippen LogP contribution is -2.12. The number of pyridine rings is 1. The van der Waals surface area contributed by atoms with Gasteiger partial charge in [0.15, 0.2) is 17.1 Å². The Morgan fingerprint density at radius 1 is 0.875 bits per heavy atom. The van der Waals surface area contributed by atoms with E-state index >= 15 is 0 Å². The van der Waals surface area contributed by atoms with Crippen LogP contribution in [0.25, 0.3) is 28.2 Å². The fraction of sp³-hybridized carbons (Fsp3) is 0.370. The minimum atomic E-state index is -4.65. The highest BCUT2D eigenvalue weighted by atomic mass is 19.4. The topological polar surface area (TPSA) is 115 Å². The molecule has 1 aromatic carbocycles. The van der Waals surface area contributed by atoms with Gasteiger partial charge in [-0.05, 0) is 43.3 Å². The Hall–Kier alpha value is -3.94. The second-order valence-electron chi connectivity index (χ2n) is 8.62. The Labute approximate surface area is 228 Å². The largest absolute Gasteiger partial charge is 0.493 e. The van der Waals surface area contributed by atoms with Gasteiger partial charge in [0.25, 0.3) is 0 Å². The molecule has 0 fully saturated rings. The van der Waals surface area contributed by atoms with Crippen LogP contribution in [-0.2, 0) is 20.4 Å². The number of alkyl halides is 3. The molecule has 4 rings (SSSR count). The summed E-state index contributed by atoms with van der Waals surface area (Å²) in [5.41, 5.74) is 7.26. The molecule has 214 valence electrons. The summed E-state index contributed by atoms with van der Waals surface area (Å²) < 4.78 is 68.9. The van der Waals surface area contributed by atoms with Crippen molar-refractivity contribution in [1.82, 2.24) is 19.6 Å². The van der Waals surface area contributed by atoms with E-state index in [4.69, 9.17) is 29.4 Å². The Bertz CT molecular complexity index is 1440. The first-order valence-corrected chi connectivity index (χ1v) is 12.4. The number of hydrogen-bond acceptors (Lipinski definition) is 9. The van der Waals surface area contributed by atoms with E-state index in [1.165, 1.54) is 17.8 Å². The van der Waals surface area contributed by atoms with Crippen molar-refractivity contribution in [2.45, 2.75) is 13.1 Å². The normalized spacial score (nSPS) is 11.8. The molecule has 0 unspecified atom stereocenters. The van der Waals surface area contributed by atoms with Crippen LogP contribution < -0.4 is 15.2 Å². The minimum Gasteiger partial charge on any atom is -0.493 e. The van der Waals surface area contributed by atoms with Crippen LogP contribution in [0.5, 0.6) is 11.5 Å². The monoisotopic (exact) mass is 561 g/mol. The second-order valence-corrected chi connectivity index (χ2v) is 8.62. The third kappa shape index (κ3) is 6.79. The molecular formula is C27H30F3N5O5. The quantitative estimate of drug-likeness (QED) is 0.237. The van der Waals surface area contributed by atoms with Gasteiger partial charge in [0.1, 0.15) is 12.4 Å². The standard InChI is InChI=1S/C27H30F3N5O5/c1-17-25(19-14-20(27(28,29)30)26(31)32-16-19)35-24(33-17)7-5-21(34-35)18-4-6-22(23(15-18)37-3)40-13-12-39-11-10-38-9-8-36-2/h4-7,14-16H,8-13H2,1-3H3,(H2,31,32). The summed E-state index contributed by atoms with van der Waals surface area (Å²) in [4.78, 5) is 8.21. The highest BCUT2D eigenvalue weighted by Crippen LogP contribution is 2.36. The van der Waals surface area contributed by atoms with E-state index in [1.807, 2.05) is 6.07 Å². The van der Waals surface area contributed by atoms with Gasteiger partial charge < -0.3 is 29.4 Å². The van der Waals surface area contributed by atoms with Crippen molar-refractivity contribution < 1.29 is 36.9 Å². The van der Waals surface area contributed by atoms with Crippen molar-refractivity contribution >= 4 is 11.5 Å². The molecule has 0 bridgehead atoms. The molecule has 0 saturated carbocycles. The number of nitrogen functional groups attached to an aromatic ring is 1. The Morgan fingerprint density at radius 3 is 2.30 bits per heavy atom. The van der Waals surface area contributed by atoms with Crippen molar-refractivity contribution in [2.75, 3.05) is 59.6 Å². The molecule has 0 spiro atoms. The van der Waals surface area contributed by atoms with Crippen molar-refractivity contribution in [2.24, 2.45) is 0 Å². The van der Waals surface area contributed by atoms with Gasteiger partial charge in [-0.15, -0.1) is 0 Å². The second kappa shape index (κ2) is 12.9. The van der Waals surface area contributed by atoms with Crippen LogP contribution in [-0.4, -0.2) is 73.4 Å². The van der Waals surface area contributed by atoms with Crippen molar-refractivity contribution in [3.05, 3.63) is 53.9 Å². The first-order valence-electron chi connectivity index (χ1n) is 12.4. The molecule has 3 aromatic heterocycles. The number of methoxy groups -OCH3 is 2. The van der Waals surface area contributed by atoms with Crippen LogP contribution in [0, 0.1) is 6.92 Å². The lowest BCUT2D eigenvalue weighted by atomic mass is 10.1. The summed E-state index contributed by atoms with van der Waals surface area (Å²) in [6.07, 6.45) is -3.37. The molecule has 0 saturated heterocycles. The number of fused-ring (bicyclic) bond motifs is 1. The zero-order valence-electron chi connectivity index (χ0n) is 22.3. The zero-order chi connectivity index (χ0) is 28.7. The number of benzene rings is 1. The average molecular weight is 562 g/mol. The number of anilines is 1. The molecule has 13 heteroatoms. The number of rotatable bonds is 13. The maximum absolute atomic E-state index is 13.5. The van der Waals surface area contributed by atoms with Gasteiger partial charge in [0.05, 0.1) is 62.8 Å². The molecule has 0 aliphatic heterocycles. The smallest absolute Gasteiger partial charge is 0.419 e. The average Bonchev–Trinajstić information content (AvgIpc) is 3.26. The van der Waals surface area contributed by atoms with Crippen LogP contribution in [0.1, 0.15) is 11.3 Å². The minimum absolute atomic E-state index is 0.196. The number of halogens is 3. The molecule has 3 heterocycles. The van der Waals surface area contributed by atoms with E-state index < -0.39 is 17.6 Å². The van der Waals surface area contributed by atoms with Gasteiger partial charge in [0, 0.05) is 24.4 Å². The van der Waals surface area contributed by atoms with Gasteiger partial charge in [-0.3, -0.25) is 0 Å². The van der Waals surface area contributed by atoms with Crippen LogP contribution in [0.15, 0.2) is 42.6 Å². The van der Waals surface area contributed by atoms with Gasteiger partial charge in [0.2, 0.25) is 0 Å². The highest BCUT2D eigenvalue weighted by molar-refractivity contribution is 5.70. The molecule has 0 aliphatic carbocycles. The van der Waals surface area contributed by atoms with E-state index in [1.54, 1.807) is 38.3 Å². The summed E-state index contributed by atoms with van der Waals surface area (Å²) in [5.74, 6) is 0.422. The third-order valence-electron chi connectivity index (χ3n) is 5.90. The fourth-order valence-corrected chi connectivity index (χ4v) is 3.98. The Kier molecular flexibility index (Phi) is 9.40. The van der Waals surface area contributed by atoms with Gasteiger partial charge in [-0.2, -0.15) is 18.3 Å². The predicted molar refractivity (Wildman–Crippen MR) is 141 cm³/mol. The number of nitrogens with zero attached hydrogens (tertiary/aromatic N) is 4. The summed E-state index contributed by atoms with van der Waals surface area (Å²) in [6.45, 7) is 4.34. The van der Waals surface area contributed by atoms with E-state index in [2.05, 4.69) is 15.1 Å². The van der Waals surface area contributed by atoms with Crippen LogP contribution in [0.4, 0.5) is 19.0 Å². The number of aromatic nitrogens is 4. The zero-order valence-corrected chi connectivity index (χ0v) is 22.3. The Morgan fingerprint density at radius 2 is 1.60 bits per heavy atom. The van der Waals surface area contributed by atoms with E-state index in [0.29, 0.717) is 79.4 Å². The molecule has 0 aliphatic rings. The van der Waals surface area contributed by atoms with Crippen molar-refractivity contribution in [3.8, 4) is 34.0 Å². The number of imidazole rings is 1. The lowest BCUT2D eigenvalue weighted by molar-refractivity contribution is -0.137. The van der Waals surface area contributed by atoms with Crippen LogP contribution in [0.3, 0.4) is 0 Å². The van der Waals surface area contributed by atoms with Crippen LogP contribution >= 0.6 is 0 Å². The maximum Gasteiger partial charge on any atom is 0.419 e. The van der Waals surface area contributed by atoms with Gasteiger partial charge in [-0.25, -0.2) is 14.5 Å². The molecular weight excluding hydrogens is 531 g/mol. The molecule has 0 amide bonds. The Balaban J connectivity index is 1.52. The van der Waals surface area contributed by atoms with Gasteiger partial charge >= 0.3 is 6.18 Å². The summed E-state index contributed by atoms with van der Waals surface area (Å²) >= 11 is 0. The number of ether oxygens (including phenoxy) is 5. The van der Waals surface area contributed by atoms with Crippen molar-refractivity contribution in [1.29, 1.82) is 0 Å². The number of nitrogens with two attached hydrogens (primary N) is 1. The summed E-state index contributed by atoms with van der Waals surface area (Å²) in [5, 5.41) is 4.66. The SMILES string of the molecule is COCCOCCOCCOc1ccc(-c2ccc3nc(C)c(-c4cnc(N)c(C(F)(F)F)c4)n3n2)cc1OC. The van der Waals surface area contributed by atoms with Gasteiger partial charge in [-0.1, -0.05) is 0 Å². The fourth-order valence-electron chi connectivity index (χ4n) is 3.98. The first-order chi connectivity index (χ1) is 19.2. The highest BCUT2D eigenvalue weighted by Gasteiger charge is 2.34. The van der Waals surface area contributed by atoms with Crippen molar-refractivity contribution in [3.63, 3.8) is 0 Å². The molecule has 0 radical (unpaired) electrons. The maximum atomic E-state index is 13.5. The molecule has 0 atom stereocenters. The third-order valence-corrected chi connectivity index (χ3v) is 5.90. The van der Waals surface area contributed by atoms with E-state index in [0.717, 1.165) is 6.07 Å². The van der Waals surface area contributed by atoms with E-state index in [-0.39, 0.29) is 5.56 Å². The number of hydrogen-bond donors (Lipinski definition) is 1. The lowest BCUT2D eigenvalue weighted by Gasteiger charge is -2.13. The first kappa shape index (κ1) is 29.1. The summed E-state index contributed by atoms with van der Waals surface area (Å²) in [7, 11) is 3.14.